The third kappa shape index (κ3) is 3.65. The summed E-state index contributed by atoms with van der Waals surface area (Å²) in [7, 11) is 6.24. The van der Waals surface area contributed by atoms with Crippen LogP contribution in [0.25, 0.3) is 0 Å². The van der Waals surface area contributed by atoms with Gasteiger partial charge in [-0.2, -0.15) is 4.37 Å². The summed E-state index contributed by atoms with van der Waals surface area (Å²) >= 11 is 1.49. The lowest BCUT2D eigenvalue weighted by atomic mass is 10.1. The van der Waals surface area contributed by atoms with Crippen LogP contribution < -0.4 is 4.90 Å². The first-order chi connectivity index (χ1) is 8.66. The maximum Gasteiger partial charge on any atom is 0.204 e. The molecular formula is C13H24N4S. The highest BCUT2D eigenvalue weighted by atomic mass is 32.1. The first-order valence-electron chi connectivity index (χ1n) is 6.87. The highest BCUT2D eigenvalue weighted by molar-refractivity contribution is 7.09. The number of aromatic nitrogens is 2. The maximum absolute atomic E-state index is 4.56. The van der Waals surface area contributed by atoms with Crippen molar-refractivity contribution in [3.63, 3.8) is 0 Å². The molecule has 0 unspecified atom stereocenters. The zero-order chi connectivity index (χ0) is 13.0. The molecule has 1 aromatic rings. The zero-order valence-corrected chi connectivity index (χ0v) is 12.5. The van der Waals surface area contributed by atoms with E-state index in [2.05, 4.69) is 21.3 Å². The lowest BCUT2D eigenvalue weighted by Crippen LogP contribution is -2.31. The molecule has 1 aliphatic carbocycles. The highest BCUT2D eigenvalue weighted by Crippen LogP contribution is 2.22. The lowest BCUT2D eigenvalue weighted by Gasteiger charge is -2.25. The Balaban J connectivity index is 1.90. The Bertz CT molecular complexity index is 356. The van der Waals surface area contributed by atoms with Crippen LogP contribution in [0.2, 0.25) is 0 Å². The summed E-state index contributed by atoms with van der Waals surface area (Å²) in [4.78, 5) is 9.02. The van der Waals surface area contributed by atoms with Crippen molar-refractivity contribution in [2.75, 3.05) is 26.0 Å². The zero-order valence-electron chi connectivity index (χ0n) is 11.7. The summed E-state index contributed by atoms with van der Waals surface area (Å²) < 4.78 is 4.44. The van der Waals surface area contributed by atoms with E-state index in [9.17, 15) is 0 Å². The Morgan fingerprint density at radius 1 is 1.11 bits per heavy atom. The summed E-state index contributed by atoms with van der Waals surface area (Å²) in [6, 6.07) is 0.721. The fourth-order valence-corrected chi connectivity index (χ4v) is 3.14. The van der Waals surface area contributed by atoms with Gasteiger partial charge in [-0.3, -0.25) is 4.90 Å². The molecule has 1 heterocycles. The van der Waals surface area contributed by atoms with Crippen LogP contribution in [0.5, 0.6) is 0 Å². The minimum Gasteiger partial charge on any atom is -0.353 e. The van der Waals surface area contributed by atoms with Crippen LogP contribution >= 0.6 is 11.5 Å². The van der Waals surface area contributed by atoms with Crippen molar-refractivity contribution in [2.45, 2.75) is 51.1 Å². The molecule has 5 heteroatoms. The standard InChI is InChI=1S/C13H24N4S/c1-16(2)13-14-12(15-18-13)10-17(3)11-8-6-4-5-7-9-11/h11H,4-10H2,1-3H3. The van der Waals surface area contributed by atoms with E-state index in [-0.39, 0.29) is 0 Å². The molecule has 1 aliphatic rings. The number of rotatable bonds is 4. The van der Waals surface area contributed by atoms with Crippen LogP contribution in [0.3, 0.4) is 0 Å². The average Bonchev–Trinajstić information content (AvgIpc) is 2.64. The van der Waals surface area contributed by atoms with Gasteiger partial charge in [0.15, 0.2) is 5.82 Å². The van der Waals surface area contributed by atoms with Crippen molar-refractivity contribution in [3.05, 3.63) is 5.82 Å². The monoisotopic (exact) mass is 268 g/mol. The minimum atomic E-state index is 0.721. The molecule has 1 fully saturated rings. The van der Waals surface area contributed by atoms with Gasteiger partial charge < -0.3 is 4.90 Å². The van der Waals surface area contributed by atoms with Gasteiger partial charge in [0.2, 0.25) is 5.13 Å². The summed E-state index contributed by atoms with van der Waals surface area (Å²) in [6.07, 6.45) is 8.24. The predicted molar refractivity (Wildman–Crippen MR) is 77.2 cm³/mol. The SMILES string of the molecule is CN(C)c1nc(CN(C)C2CCCCCC2)ns1. The predicted octanol–water partition coefficient (Wildman–Crippen LogP) is 2.76. The van der Waals surface area contributed by atoms with Gasteiger partial charge in [0.05, 0.1) is 6.54 Å². The van der Waals surface area contributed by atoms with E-state index < -0.39 is 0 Å². The molecule has 0 bridgehead atoms. The molecule has 0 aliphatic heterocycles. The molecule has 4 nitrogen and oxygen atoms in total. The summed E-state index contributed by atoms with van der Waals surface area (Å²) in [5.41, 5.74) is 0. The Hall–Kier alpha value is -0.680. The summed E-state index contributed by atoms with van der Waals surface area (Å²) in [5, 5.41) is 0.999. The molecule has 1 aromatic heterocycles. The molecule has 0 atom stereocenters. The van der Waals surface area contributed by atoms with Crippen molar-refractivity contribution in [1.29, 1.82) is 0 Å². The molecule has 0 N–H and O–H groups in total. The van der Waals surface area contributed by atoms with Crippen LogP contribution in [-0.2, 0) is 6.54 Å². The van der Waals surface area contributed by atoms with E-state index in [1.165, 1.54) is 50.1 Å². The topological polar surface area (TPSA) is 32.3 Å². The fraction of sp³-hybridized carbons (Fsp3) is 0.846. The minimum absolute atomic E-state index is 0.721. The second-order valence-electron chi connectivity index (χ2n) is 5.45. The Morgan fingerprint density at radius 3 is 2.33 bits per heavy atom. The quantitative estimate of drug-likeness (QED) is 0.786. The Labute approximate surface area is 114 Å². The van der Waals surface area contributed by atoms with E-state index in [1.54, 1.807) is 0 Å². The maximum atomic E-state index is 4.56. The lowest BCUT2D eigenvalue weighted by molar-refractivity contribution is 0.209. The van der Waals surface area contributed by atoms with Crippen LogP contribution in [0.15, 0.2) is 0 Å². The molecule has 1 saturated carbocycles. The summed E-state index contributed by atoms with van der Waals surface area (Å²) in [5.74, 6) is 0.968. The first-order valence-corrected chi connectivity index (χ1v) is 7.64. The van der Waals surface area contributed by atoms with Crippen molar-refractivity contribution in [2.24, 2.45) is 0 Å². The van der Waals surface area contributed by atoms with Crippen LogP contribution in [-0.4, -0.2) is 41.4 Å². The van der Waals surface area contributed by atoms with Gasteiger partial charge in [-0.15, -0.1) is 0 Å². The normalized spacial score (nSPS) is 18.0. The van der Waals surface area contributed by atoms with Gasteiger partial charge in [-0.1, -0.05) is 25.7 Å². The molecule has 102 valence electrons. The van der Waals surface area contributed by atoms with E-state index >= 15 is 0 Å². The van der Waals surface area contributed by atoms with Crippen molar-refractivity contribution in [3.8, 4) is 0 Å². The molecule has 0 spiro atoms. The molecule has 18 heavy (non-hydrogen) atoms. The Morgan fingerprint density at radius 2 is 1.78 bits per heavy atom. The van der Waals surface area contributed by atoms with Crippen LogP contribution in [0.4, 0.5) is 5.13 Å². The third-order valence-corrected chi connectivity index (χ3v) is 4.60. The van der Waals surface area contributed by atoms with Gasteiger partial charge in [-0.25, -0.2) is 4.98 Å². The van der Waals surface area contributed by atoms with Gasteiger partial charge in [-0.05, 0) is 19.9 Å². The van der Waals surface area contributed by atoms with E-state index in [1.807, 2.05) is 19.0 Å². The first kappa shape index (κ1) is 13.7. The van der Waals surface area contributed by atoms with Crippen LogP contribution in [0, 0.1) is 0 Å². The second kappa shape index (κ2) is 6.48. The third-order valence-electron chi connectivity index (χ3n) is 3.68. The molecule has 2 rings (SSSR count). The molecule has 0 radical (unpaired) electrons. The molecule has 0 saturated heterocycles. The van der Waals surface area contributed by atoms with E-state index in [0.29, 0.717) is 0 Å². The number of nitrogens with zero attached hydrogens (tertiary/aromatic N) is 4. The van der Waals surface area contributed by atoms with E-state index in [0.717, 1.165) is 23.5 Å². The second-order valence-corrected chi connectivity index (χ2v) is 6.18. The average molecular weight is 268 g/mol. The van der Waals surface area contributed by atoms with Gasteiger partial charge in [0.1, 0.15) is 0 Å². The number of hydrogen-bond acceptors (Lipinski definition) is 5. The largest absolute Gasteiger partial charge is 0.353 e. The van der Waals surface area contributed by atoms with Gasteiger partial charge in [0, 0.05) is 31.7 Å². The molecular weight excluding hydrogens is 244 g/mol. The van der Waals surface area contributed by atoms with E-state index in [4.69, 9.17) is 0 Å². The van der Waals surface area contributed by atoms with Crippen molar-refractivity contribution < 1.29 is 0 Å². The van der Waals surface area contributed by atoms with Gasteiger partial charge >= 0.3 is 0 Å². The molecule has 0 amide bonds. The molecule has 0 aromatic carbocycles. The van der Waals surface area contributed by atoms with Gasteiger partial charge in [0.25, 0.3) is 0 Å². The smallest absolute Gasteiger partial charge is 0.204 e. The number of anilines is 1. The van der Waals surface area contributed by atoms with Crippen molar-refractivity contribution >= 4 is 16.7 Å². The van der Waals surface area contributed by atoms with Crippen molar-refractivity contribution in [1.82, 2.24) is 14.3 Å². The Kier molecular flexibility index (Phi) is 4.95. The fourth-order valence-electron chi connectivity index (χ4n) is 2.54. The van der Waals surface area contributed by atoms with Crippen LogP contribution in [0.1, 0.15) is 44.3 Å². The highest BCUT2D eigenvalue weighted by Gasteiger charge is 2.18. The summed E-state index contributed by atoms with van der Waals surface area (Å²) in [6.45, 7) is 0.884. The number of hydrogen-bond donors (Lipinski definition) is 0.